The Morgan fingerprint density at radius 1 is 1.00 bits per heavy atom. The van der Waals surface area contributed by atoms with Crippen LogP contribution in [0.3, 0.4) is 0 Å². The number of hydrogen-bond acceptors (Lipinski definition) is 1. The molecule has 0 atom stereocenters. The van der Waals surface area contributed by atoms with E-state index in [0.29, 0.717) is 0 Å². The second-order valence-electron chi connectivity index (χ2n) is 1.59. The normalized spacial score (nSPS) is 15.3. The molecule has 0 spiro atoms. The van der Waals surface area contributed by atoms with Crippen molar-refractivity contribution in [3.63, 3.8) is 0 Å². The van der Waals surface area contributed by atoms with Crippen molar-refractivity contribution in [1.82, 2.24) is 0 Å². The molecule has 70 valence electrons. The van der Waals surface area contributed by atoms with E-state index in [1.807, 2.05) is 0 Å². The molecule has 0 bridgehead atoms. The van der Waals surface area contributed by atoms with Crippen LogP contribution < -0.4 is 0 Å². The maximum atomic E-state index is 8.47. The van der Waals surface area contributed by atoms with E-state index >= 15 is 0 Å². The minimum atomic E-state index is -1.25. The quantitative estimate of drug-likeness (QED) is 0.482. The first-order chi connectivity index (χ1) is 4.73. The van der Waals surface area contributed by atoms with Gasteiger partial charge in [0.15, 0.2) is 0 Å². The largest absolute Gasteiger partial charge is 1.00 e. The summed E-state index contributed by atoms with van der Waals surface area (Å²) >= 11 is 0. The van der Waals surface area contributed by atoms with Gasteiger partial charge in [-0.1, -0.05) is 0 Å². The van der Waals surface area contributed by atoms with Crippen LogP contribution in [0.1, 0.15) is 0 Å². The smallest absolute Gasteiger partial charge is 0.665 e. The van der Waals surface area contributed by atoms with E-state index in [2.05, 4.69) is 10.6 Å². The number of nitrogens with zero attached hydrogens (tertiary/aromatic N) is 3. The molecule has 1 heterocycles. The molecule has 0 unspecified atom stereocenters. The molecule has 0 aliphatic carbocycles. The monoisotopic (exact) mass is 255 g/mol. The Morgan fingerprint density at radius 3 is 1.27 bits per heavy atom. The molecule has 11 heavy (non-hydrogen) atoms. The van der Waals surface area contributed by atoms with Crippen LogP contribution in [0.2, 0.25) is 0 Å². The summed E-state index contributed by atoms with van der Waals surface area (Å²) in [7, 11) is 0. The summed E-state index contributed by atoms with van der Waals surface area (Å²) in [5.74, 6) is 0. The maximum Gasteiger partial charge on any atom is 1.00 e. The number of hydrogen-bond donors (Lipinski definition) is 2. The van der Waals surface area contributed by atoms with Crippen molar-refractivity contribution >= 4 is 0 Å². The minimum Gasteiger partial charge on any atom is -0.665 e. The zero-order valence-corrected chi connectivity index (χ0v) is 7.26. The second-order valence-corrected chi connectivity index (χ2v) is 1.59. The van der Waals surface area contributed by atoms with Gasteiger partial charge in [0.25, 0.3) is 0 Å². The average Bonchev–Trinajstić information content (AvgIpc) is 1.90. The molecular weight excluding hydrogens is 246 g/mol. The molecule has 0 radical (unpaired) electrons. The van der Waals surface area contributed by atoms with Crippen molar-refractivity contribution in [2.24, 2.45) is 0 Å². The molecule has 0 aromatic rings. The predicted molar refractivity (Wildman–Crippen MR) is 33.4 cm³/mol. The molecule has 1 saturated heterocycles. The standard InChI is InChI=1S/C4H8N2.Ag.H2NO3/c1-2-6-4-3-5-1;;2-1(3)4/h1-4H2;;(H2,2,3,4)/q-2;2*+1. The van der Waals surface area contributed by atoms with Crippen molar-refractivity contribution < 1.29 is 37.9 Å². The van der Waals surface area contributed by atoms with Crippen LogP contribution >= 0.6 is 0 Å². The molecular formula is C4H10AgN3O3. The van der Waals surface area contributed by atoms with Crippen LogP contribution in [0.15, 0.2) is 0 Å². The molecule has 1 rings (SSSR count). The van der Waals surface area contributed by atoms with Gasteiger partial charge in [-0.25, -0.2) is 10.4 Å². The Bertz CT molecular complexity index is 83.1. The third kappa shape index (κ3) is 17.7. The summed E-state index contributed by atoms with van der Waals surface area (Å²) in [5, 5.41) is 20.7. The first kappa shape index (κ1) is 13.5. The van der Waals surface area contributed by atoms with E-state index in [4.69, 9.17) is 15.3 Å². The van der Waals surface area contributed by atoms with Gasteiger partial charge < -0.3 is 10.6 Å². The van der Waals surface area contributed by atoms with Crippen molar-refractivity contribution in [1.29, 1.82) is 0 Å². The Labute approximate surface area is 80.0 Å². The van der Waals surface area contributed by atoms with E-state index in [1.54, 1.807) is 0 Å². The van der Waals surface area contributed by atoms with E-state index in [9.17, 15) is 0 Å². The van der Waals surface area contributed by atoms with Gasteiger partial charge in [-0.15, -0.1) is 0 Å². The molecule has 0 aromatic heterocycles. The van der Waals surface area contributed by atoms with Crippen molar-refractivity contribution in [3.8, 4) is 0 Å². The van der Waals surface area contributed by atoms with Gasteiger partial charge in [0.1, 0.15) is 4.91 Å². The molecule has 0 amide bonds. The van der Waals surface area contributed by atoms with Crippen LogP contribution in [0.25, 0.3) is 10.6 Å². The van der Waals surface area contributed by atoms with Gasteiger partial charge in [-0.2, -0.15) is 26.2 Å². The maximum absolute atomic E-state index is 8.47. The van der Waals surface area contributed by atoms with Crippen molar-refractivity contribution in [3.05, 3.63) is 15.5 Å². The Balaban J connectivity index is 0. The van der Waals surface area contributed by atoms with E-state index in [1.165, 1.54) is 0 Å². The summed E-state index contributed by atoms with van der Waals surface area (Å²) < 4.78 is 0. The summed E-state index contributed by atoms with van der Waals surface area (Å²) in [6, 6.07) is 0. The van der Waals surface area contributed by atoms with E-state index < -0.39 is 5.09 Å². The Kier molecular flexibility index (Phi) is 12.1. The molecule has 0 saturated carbocycles. The predicted octanol–water partition coefficient (Wildman–Crippen LogP) is 0.289. The number of rotatable bonds is 0. The summed E-state index contributed by atoms with van der Waals surface area (Å²) in [4.78, 5) is 8.47. The number of piperazine rings is 1. The summed E-state index contributed by atoms with van der Waals surface area (Å²) in [5.41, 5.74) is 0. The average molecular weight is 256 g/mol. The molecule has 6 nitrogen and oxygen atoms in total. The Hall–Kier alpha value is -0.140. The fraction of sp³-hybridized carbons (Fsp3) is 1.00. The topological polar surface area (TPSA) is 88.7 Å². The second kappa shape index (κ2) is 9.86. The van der Waals surface area contributed by atoms with Gasteiger partial charge in [-0.05, 0) is 0 Å². The van der Waals surface area contributed by atoms with E-state index in [-0.39, 0.29) is 22.4 Å². The van der Waals surface area contributed by atoms with Gasteiger partial charge in [0.2, 0.25) is 0 Å². The van der Waals surface area contributed by atoms with Crippen LogP contribution in [-0.2, 0) is 22.4 Å². The van der Waals surface area contributed by atoms with Crippen LogP contribution in [0.5, 0.6) is 0 Å². The van der Waals surface area contributed by atoms with Gasteiger partial charge in [0.05, 0.1) is 0 Å². The molecule has 7 heteroatoms. The van der Waals surface area contributed by atoms with Crippen LogP contribution in [0.4, 0.5) is 0 Å². The molecule has 1 aliphatic heterocycles. The zero-order chi connectivity index (χ0) is 7.82. The summed E-state index contributed by atoms with van der Waals surface area (Å²) in [6.45, 7) is 3.83. The summed E-state index contributed by atoms with van der Waals surface area (Å²) in [6.07, 6.45) is 0. The van der Waals surface area contributed by atoms with E-state index in [0.717, 1.165) is 26.2 Å². The van der Waals surface area contributed by atoms with Crippen LogP contribution in [-0.4, -0.2) is 41.7 Å². The fourth-order valence-corrected chi connectivity index (χ4v) is 0.506. The first-order valence-corrected chi connectivity index (χ1v) is 2.85. The van der Waals surface area contributed by atoms with Crippen molar-refractivity contribution in [2.75, 3.05) is 26.2 Å². The molecule has 1 fully saturated rings. The molecule has 1 aliphatic rings. The molecule has 2 N–H and O–H groups in total. The SMILES string of the molecule is C1C[N-]CC[N-]1.O=[N+](O)O.[Ag+]. The Morgan fingerprint density at radius 2 is 1.18 bits per heavy atom. The minimum absolute atomic E-state index is 0. The van der Waals surface area contributed by atoms with Crippen molar-refractivity contribution in [2.45, 2.75) is 0 Å². The third-order valence-electron chi connectivity index (χ3n) is 0.832. The molecule has 0 aromatic carbocycles. The van der Waals surface area contributed by atoms with Gasteiger partial charge >= 0.3 is 27.5 Å². The van der Waals surface area contributed by atoms with Gasteiger partial charge in [0, 0.05) is 0 Å². The fourth-order valence-electron chi connectivity index (χ4n) is 0.506. The van der Waals surface area contributed by atoms with Gasteiger partial charge in [-0.3, -0.25) is 0 Å². The third-order valence-corrected chi connectivity index (χ3v) is 0.832. The first-order valence-electron chi connectivity index (χ1n) is 2.85. The zero-order valence-electron chi connectivity index (χ0n) is 5.77. The van der Waals surface area contributed by atoms with Crippen LogP contribution in [0, 0.1) is 4.91 Å².